The summed E-state index contributed by atoms with van der Waals surface area (Å²) in [7, 11) is 0. The van der Waals surface area contributed by atoms with E-state index in [-0.39, 0.29) is 12.3 Å². The smallest absolute Gasteiger partial charge is 0.389 e. The van der Waals surface area contributed by atoms with Crippen LogP contribution in [0.25, 0.3) is 22.5 Å². The lowest BCUT2D eigenvalue weighted by Crippen LogP contribution is -2.55. The average molecular weight is 529 g/mol. The number of allylic oxidation sites excluding steroid dienone is 1. The Balaban J connectivity index is 1.48. The molecule has 0 saturated carbocycles. The highest BCUT2D eigenvalue weighted by Crippen LogP contribution is 2.25. The second-order valence-corrected chi connectivity index (χ2v) is 9.16. The van der Waals surface area contributed by atoms with Gasteiger partial charge in [-0.15, -0.1) is 0 Å². The van der Waals surface area contributed by atoms with Crippen LogP contribution in [0.5, 0.6) is 0 Å². The Hall–Kier alpha value is -4.06. The highest BCUT2D eigenvalue weighted by molar-refractivity contribution is 6.10. The van der Waals surface area contributed by atoms with E-state index in [1.807, 2.05) is 0 Å². The summed E-state index contributed by atoms with van der Waals surface area (Å²) in [5.41, 5.74) is 9.41. The zero-order valence-corrected chi connectivity index (χ0v) is 20.6. The van der Waals surface area contributed by atoms with Crippen molar-refractivity contribution in [3.63, 3.8) is 0 Å². The number of hydrogen-bond donors (Lipinski definition) is 2. The summed E-state index contributed by atoms with van der Waals surface area (Å²) in [5, 5.41) is 13.8. The van der Waals surface area contributed by atoms with Crippen LogP contribution in [0.15, 0.2) is 53.9 Å². The van der Waals surface area contributed by atoms with Crippen molar-refractivity contribution in [2.45, 2.75) is 44.5 Å². The number of aromatic nitrogens is 3. The van der Waals surface area contributed by atoms with Crippen molar-refractivity contribution in [2.75, 3.05) is 13.1 Å². The fourth-order valence-electron chi connectivity index (χ4n) is 4.04. The second kappa shape index (κ2) is 11.1. The largest absolute Gasteiger partial charge is 0.404 e. The molecular formula is C26H27F3N6O3. The highest BCUT2D eigenvalue weighted by atomic mass is 19.4. The molecule has 0 bridgehead atoms. The van der Waals surface area contributed by atoms with Crippen LogP contribution in [0, 0.1) is 0 Å². The number of rotatable bonds is 9. The molecule has 1 unspecified atom stereocenters. The minimum Gasteiger partial charge on any atom is -0.404 e. The van der Waals surface area contributed by atoms with Gasteiger partial charge in [0.15, 0.2) is 5.65 Å². The molecule has 1 aliphatic heterocycles. The van der Waals surface area contributed by atoms with Gasteiger partial charge in [0.25, 0.3) is 0 Å². The van der Waals surface area contributed by atoms with Crippen LogP contribution in [-0.4, -0.2) is 73.9 Å². The Morgan fingerprint density at radius 3 is 2.71 bits per heavy atom. The first-order valence-electron chi connectivity index (χ1n) is 12.0. The van der Waals surface area contributed by atoms with Crippen LogP contribution >= 0.6 is 0 Å². The predicted molar refractivity (Wildman–Crippen MR) is 135 cm³/mol. The van der Waals surface area contributed by atoms with Crippen LogP contribution in [-0.2, 0) is 16.0 Å². The van der Waals surface area contributed by atoms with Gasteiger partial charge >= 0.3 is 6.18 Å². The summed E-state index contributed by atoms with van der Waals surface area (Å²) in [5.74, 6) is -0.666. The number of aliphatic imine (C=N–C) groups is 1. The lowest BCUT2D eigenvalue weighted by atomic mass is 10.0. The molecule has 0 spiro atoms. The SMILES string of the molecule is CC(N=CC(=CN)c1cnn2c(-c3cccc(CC(=O)CCC(F)(F)F)c3)cnc2c1)C(=O)N1CC(O)C1. The van der Waals surface area contributed by atoms with E-state index >= 15 is 0 Å². The highest BCUT2D eigenvalue weighted by Gasteiger charge is 2.31. The summed E-state index contributed by atoms with van der Waals surface area (Å²) in [6.45, 7) is 2.27. The van der Waals surface area contributed by atoms with Crippen molar-refractivity contribution in [3.05, 3.63) is 60.1 Å². The molecule has 1 atom stereocenters. The number of imidazole rings is 1. The van der Waals surface area contributed by atoms with E-state index in [2.05, 4.69) is 15.1 Å². The maximum atomic E-state index is 12.4. The molecule has 3 aromatic rings. The van der Waals surface area contributed by atoms with Crippen LogP contribution in [0.4, 0.5) is 13.2 Å². The quantitative estimate of drug-likeness (QED) is 0.412. The number of carbonyl (C=O) groups excluding carboxylic acids is 2. The van der Waals surface area contributed by atoms with Crippen molar-refractivity contribution in [1.29, 1.82) is 0 Å². The number of nitrogens with zero attached hydrogens (tertiary/aromatic N) is 5. The van der Waals surface area contributed by atoms with Crippen LogP contribution in [0.1, 0.15) is 30.9 Å². The lowest BCUT2D eigenvalue weighted by molar-refractivity contribution is -0.143. The number of hydrogen-bond acceptors (Lipinski definition) is 7. The van der Waals surface area contributed by atoms with Gasteiger partial charge in [-0.05, 0) is 24.6 Å². The van der Waals surface area contributed by atoms with Crippen LogP contribution in [0.3, 0.4) is 0 Å². The van der Waals surface area contributed by atoms with E-state index in [9.17, 15) is 27.9 Å². The zero-order valence-electron chi connectivity index (χ0n) is 20.6. The van der Waals surface area contributed by atoms with Crippen molar-refractivity contribution in [2.24, 2.45) is 10.7 Å². The van der Waals surface area contributed by atoms with Crippen LogP contribution in [0.2, 0.25) is 0 Å². The molecule has 1 aromatic carbocycles. The Kier molecular flexibility index (Phi) is 7.91. The fourth-order valence-corrected chi connectivity index (χ4v) is 4.04. The number of benzene rings is 1. The normalized spacial score (nSPS) is 15.7. The molecule has 200 valence electrons. The number of alkyl halides is 3. The van der Waals surface area contributed by atoms with Gasteiger partial charge in [0.05, 0.1) is 30.6 Å². The van der Waals surface area contributed by atoms with E-state index in [4.69, 9.17) is 5.73 Å². The number of aliphatic hydroxyl groups excluding tert-OH is 1. The lowest BCUT2D eigenvalue weighted by Gasteiger charge is -2.36. The van der Waals surface area contributed by atoms with Gasteiger partial charge in [0.1, 0.15) is 11.8 Å². The number of ketones is 1. The molecule has 1 aliphatic rings. The van der Waals surface area contributed by atoms with Gasteiger partial charge in [-0.1, -0.05) is 18.2 Å². The fraction of sp³-hybridized carbons (Fsp3) is 0.346. The van der Waals surface area contributed by atoms with E-state index in [1.54, 1.807) is 54.2 Å². The van der Waals surface area contributed by atoms with E-state index < -0.39 is 36.9 Å². The second-order valence-electron chi connectivity index (χ2n) is 9.16. The van der Waals surface area contributed by atoms with E-state index in [0.29, 0.717) is 46.7 Å². The van der Waals surface area contributed by atoms with Crippen LogP contribution < -0.4 is 5.73 Å². The van der Waals surface area contributed by atoms with Gasteiger partial charge in [-0.25, -0.2) is 9.50 Å². The number of halogens is 3. The average Bonchev–Trinajstić information content (AvgIpc) is 3.28. The summed E-state index contributed by atoms with van der Waals surface area (Å²) in [4.78, 5) is 34.6. The molecule has 1 amide bonds. The standard InChI is InChI=1S/C26H27F3N6O3/c1-16(25(38)34-14-22(37)15-34)31-11-20(10-30)19-9-24-32-13-23(35(24)33-12-19)18-4-2-3-17(7-18)8-21(36)5-6-26(27,28)29/h2-4,7,9-13,16,22,37H,5-6,8,14-15,30H2,1H3. The summed E-state index contributed by atoms with van der Waals surface area (Å²) in [6.07, 6.45) is -0.598. The number of Topliss-reactive ketones (excluding diaryl/α,β-unsaturated/α-hetero) is 1. The maximum absolute atomic E-state index is 12.4. The number of nitrogens with two attached hydrogens (primary N) is 1. The van der Waals surface area contributed by atoms with Crippen molar-refractivity contribution in [1.82, 2.24) is 19.5 Å². The monoisotopic (exact) mass is 528 g/mol. The predicted octanol–water partition coefficient (Wildman–Crippen LogP) is 2.81. The first kappa shape index (κ1) is 27.0. The summed E-state index contributed by atoms with van der Waals surface area (Å²) in [6, 6.07) is 8.07. The van der Waals surface area contributed by atoms with Gasteiger partial charge in [-0.2, -0.15) is 18.3 Å². The topological polar surface area (TPSA) is 126 Å². The number of aliphatic hydroxyl groups is 1. The first-order chi connectivity index (χ1) is 18.0. The number of likely N-dealkylation sites (tertiary alicyclic amines) is 1. The summed E-state index contributed by atoms with van der Waals surface area (Å²) < 4.78 is 38.8. The zero-order chi connectivity index (χ0) is 27.4. The maximum Gasteiger partial charge on any atom is 0.389 e. The van der Waals surface area contributed by atoms with Crippen molar-refractivity contribution < 1.29 is 27.9 Å². The van der Waals surface area contributed by atoms with Gasteiger partial charge in [0, 0.05) is 55.0 Å². The Morgan fingerprint density at radius 1 is 1.26 bits per heavy atom. The van der Waals surface area contributed by atoms with Gasteiger partial charge < -0.3 is 15.7 Å². The number of carbonyl (C=O) groups is 2. The number of amides is 1. The molecule has 12 heteroatoms. The molecule has 3 N–H and O–H groups in total. The molecule has 2 aromatic heterocycles. The Labute approximate surface area is 216 Å². The molecule has 38 heavy (non-hydrogen) atoms. The molecule has 4 rings (SSSR count). The molecule has 3 heterocycles. The van der Waals surface area contributed by atoms with Crippen molar-refractivity contribution >= 4 is 29.1 Å². The third kappa shape index (κ3) is 6.43. The minimum atomic E-state index is -4.36. The summed E-state index contributed by atoms with van der Waals surface area (Å²) >= 11 is 0. The van der Waals surface area contributed by atoms with Gasteiger partial charge in [-0.3, -0.25) is 14.6 Å². The molecule has 1 saturated heterocycles. The number of β-amino-alcohol motifs (C(OH)–C–C–N with tert-alkyl or cyclic N) is 1. The third-order valence-electron chi connectivity index (χ3n) is 6.15. The Morgan fingerprint density at radius 2 is 2.03 bits per heavy atom. The first-order valence-corrected chi connectivity index (χ1v) is 12.0. The molecule has 0 aliphatic carbocycles. The van der Waals surface area contributed by atoms with E-state index in [0.717, 1.165) is 0 Å². The number of fused-ring (bicyclic) bond motifs is 1. The minimum absolute atomic E-state index is 0.0957. The van der Waals surface area contributed by atoms with Crippen molar-refractivity contribution in [3.8, 4) is 11.3 Å². The molecule has 9 nitrogen and oxygen atoms in total. The molecule has 0 radical (unpaired) electrons. The molecular weight excluding hydrogens is 501 g/mol. The van der Waals surface area contributed by atoms with Gasteiger partial charge in [0.2, 0.25) is 5.91 Å². The molecule has 1 fully saturated rings. The third-order valence-corrected chi connectivity index (χ3v) is 6.15. The Bertz CT molecular complexity index is 1390. The van der Waals surface area contributed by atoms with E-state index in [1.165, 1.54) is 17.3 Å².